The number of nitrogens with two attached hydrogens (primary N) is 1. The van der Waals surface area contributed by atoms with E-state index in [0.29, 0.717) is 0 Å². The summed E-state index contributed by atoms with van der Waals surface area (Å²) in [5.74, 6) is 1.23. The number of fused-ring (bicyclic) bond motifs is 3. The van der Waals surface area contributed by atoms with Crippen LogP contribution in [0.25, 0.3) is 11.0 Å². The van der Waals surface area contributed by atoms with Crippen LogP contribution in [0.15, 0.2) is 18.2 Å². The second-order valence-electron chi connectivity index (χ2n) is 4.32. The SMILES string of the molecule is CC(N)c1ccc2nc3n(c2c1)CCC3. The molecule has 78 valence electrons. The minimum absolute atomic E-state index is 0.0990. The van der Waals surface area contributed by atoms with E-state index in [1.807, 2.05) is 6.92 Å². The van der Waals surface area contributed by atoms with Crippen LogP contribution >= 0.6 is 0 Å². The lowest BCUT2D eigenvalue weighted by Crippen LogP contribution is -2.04. The molecule has 0 saturated heterocycles. The maximum Gasteiger partial charge on any atom is 0.109 e. The zero-order chi connectivity index (χ0) is 10.4. The summed E-state index contributed by atoms with van der Waals surface area (Å²) in [6, 6.07) is 6.44. The topological polar surface area (TPSA) is 43.8 Å². The fourth-order valence-corrected chi connectivity index (χ4v) is 2.31. The van der Waals surface area contributed by atoms with E-state index >= 15 is 0 Å². The van der Waals surface area contributed by atoms with Crippen LogP contribution in [0.5, 0.6) is 0 Å². The molecule has 1 atom stereocenters. The lowest BCUT2D eigenvalue weighted by Gasteiger charge is -2.06. The first-order valence-corrected chi connectivity index (χ1v) is 5.50. The predicted octanol–water partition coefficient (Wildman–Crippen LogP) is 2.00. The monoisotopic (exact) mass is 201 g/mol. The van der Waals surface area contributed by atoms with Gasteiger partial charge in [0, 0.05) is 19.0 Å². The van der Waals surface area contributed by atoms with Gasteiger partial charge in [0.25, 0.3) is 0 Å². The van der Waals surface area contributed by atoms with Crippen LogP contribution in [-0.2, 0) is 13.0 Å². The smallest absolute Gasteiger partial charge is 0.109 e. The predicted molar refractivity (Wildman–Crippen MR) is 60.7 cm³/mol. The third kappa shape index (κ3) is 1.27. The molecular weight excluding hydrogens is 186 g/mol. The van der Waals surface area contributed by atoms with Crippen molar-refractivity contribution in [3.63, 3.8) is 0 Å². The van der Waals surface area contributed by atoms with Crippen molar-refractivity contribution in [2.45, 2.75) is 32.4 Å². The van der Waals surface area contributed by atoms with E-state index < -0.39 is 0 Å². The van der Waals surface area contributed by atoms with Gasteiger partial charge < -0.3 is 10.3 Å². The molecule has 0 amide bonds. The second kappa shape index (κ2) is 3.07. The number of rotatable bonds is 1. The number of imidazole rings is 1. The zero-order valence-electron chi connectivity index (χ0n) is 8.90. The van der Waals surface area contributed by atoms with Gasteiger partial charge in [-0.3, -0.25) is 0 Å². The second-order valence-corrected chi connectivity index (χ2v) is 4.32. The van der Waals surface area contributed by atoms with E-state index in [4.69, 9.17) is 5.73 Å². The van der Waals surface area contributed by atoms with Crippen molar-refractivity contribution in [3.8, 4) is 0 Å². The molecule has 2 heterocycles. The molecule has 2 aromatic rings. The minimum Gasteiger partial charge on any atom is -0.328 e. The van der Waals surface area contributed by atoms with E-state index in [1.165, 1.54) is 23.3 Å². The Morgan fingerprint density at radius 2 is 2.33 bits per heavy atom. The molecule has 1 aliphatic heterocycles. The van der Waals surface area contributed by atoms with Crippen LogP contribution in [0.3, 0.4) is 0 Å². The van der Waals surface area contributed by atoms with Gasteiger partial charge in [-0.1, -0.05) is 6.07 Å². The van der Waals surface area contributed by atoms with Gasteiger partial charge in [0.1, 0.15) is 5.82 Å². The largest absolute Gasteiger partial charge is 0.328 e. The molecule has 1 aromatic carbocycles. The van der Waals surface area contributed by atoms with Gasteiger partial charge in [0.05, 0.1) is 11.0 Å². The third-order valence-electron chi connectivity index (χ3n) is 3.16. The molecule has 15 heavy (non-hydrogen) atoms. The molecule has 0 fully saturated rings. The van der Waals surface area contributed by atoms with E-state index in [9.17, 15) is 0 Å². The summed E-state index contributed by atoms with van der Waals surface area (Å²) in [6.45, 7) is 3.12. The van der Waals surface area contributed by atoms with Crippen LogP contribution in [0.2, 0.25) is 0 Å². The highest BCUT2D eigenvalue weighted by atomic mass is 15.1. The average molecular weight is 201 g/mol. The van der Waals surface area contributed by atoms with E-state index in [1.54, 1.807) is 0 Å². The highest BCUT2D eigenvalue weighted by Gasteiger charge is 2.16. The zero-order valence-corrected chi connectivity index (χ0v) is 8.90. The molecule has 0 saturated carbocycles. The first kappa shape index (κ1) is 8.92. The molecule has 0 radical (unpaired) electrons. The van der Waals surface area contributed by atoms with Gasteiger partial charge >= 0.3 is 0 Å². The maximum absolute atomic E-state index is 5.89. The van der Waals surface area contributed by atoms with Crippen molar-refractivity contribution in [2.75, 3.05) is 0 Å². The van der Waals surface area contributed by atoms with Gasteiger partial charge in [-0.15, -0.1) is 0 Å². The quantitative estimate of drug-likeness (QED) is 0.767. The van der Waals surface area contributed by atoms with Gasteiger partial charge in [-0.05, 0) is 31.0 Å². The summed E-state index contributed by atoms with van der Waals surface area (Å²) < 4.78 is 2.32. The van der Waals surface area contributed by atoms with Gasteiger partial charge in [0.2, 0.25) is 0 Å². The summed E-state index contributed by atoms with van der Waals surface area (Å²) >= 11 is 0. The lowest BCUT2D eigenvalue weighted by atomic mass is 10.1. The first-order chi connectivity index (χ1) is 7.25. The summed E-state index contributed by atoms with van der Waals surface area (Å²) in [6.07, 6.45) is 2.34. The first-order valence-electron chi connectivity index (χ1n) is 5.50. The van der Waals surface area contributed by atoms with Crippen LogP contribution < -0.4 is 5.73 Å². The summed E-state index contributed by atoms with van der Waals surface area (Å²) in [5, 5.41) is 0. The molecule has 3 nitrogen and oxygen atoms in total. The van der Waals surface area contributed by atoms with Gasteiger partial charge in [-0.25, -0.2) is 4.98 Å². The highest BCUT2D eigenvalue weighted by molar-refractivity contribution is 5.77. The van der Waals surface area contributed by atoms with Gasteiger partial charge in [0.15, 0.2) is 0 Å². The number of hydrogen-bond acceptors (Lipinski definition) is 2. The highest BCUT2D eigenvalue weighted by Crippen LogP contribution is 2.24. The molecular formula is C12H15N3. The minimum atomic E-state index is 0.0990. The van der Waals surface area contributed by atoms with E-state index in [2.05, 4.69) is 27.8 Å². The number of hydrogen-bond donors (Lipinski definition) is 1. The Labute approximate surface area is 88.9 Å². The molecule has 0 spiro atoms. The van der Waals surface area contributed by atoms with Crippen molar-refractivity contribution in [2.24, 2.45) is 5.73 Å². The van der Waals surface area contributed by atoms with Crippen LogP contribution in [0.4, 0.5) is 0 Å². The molecule has 1 aromatic heterocycles. The van der Waals surface area contributed by atoms with Crippen LogP contribution in [0, 0.1) is 0 Å². The third-order valence-corrected chi connectivity index (χ3v) is 3.16. The Hall–Kier alpha value is -1.35. The molecule has 1 unspecified atom stereocenters. The number of aryl methyl sites for hydroxylation is 2. The normalized spacial score (nSPS) is 16.9. The standard InChI is InChI=1S/C12H15N3/c1-8(13)9-4-5-10-11(7-9)15-6-2-3-12(15)14-10/h4-5,7-8H,2-3,6,13H2,1H3. The summed E-state index contributed by atoms with van der Waals surface area (Å²) in [5.41, 5.74) is 9.43. The molecule has 1 aliphatic rings. The Balaban J connectivity index is 2.25. The average Bonchev–Trinajstić information content (AvgIpc) is 2.75. The van der Waals surface area contributed by atoms with Crippen molar-refractivity contribution in [1.82, 2.24) is 9.55 Å². The van der Waals surface area contributed by atoms with Crippen molar-refractivity contribution in [3.05, 3.63) is 29.6 Å². The number of benzene rings is 1. The van der Waals surface area contributed by atoms with Crippen molar-refractivity contribution < 1.29 is 0 Å². The molecule has 0 aliphatic carbocycles. The van der Waals surface area contributed by atoms with E-state index in [0.717, 1.165) is 18.5 Å². The lowest BCUT2D eigenvalue weighted by molar-refractivity contribution is 0.768. The Bertz CT molecular complexity index is 511. The number of nitrogens with zero attached hydrogens (tertiary/aromatic N) is 2. The summed E-state index contributed by atoms with van der Waals surface area (Å²) in [4.78, 5) is 4.62. The molecule has 3 rings (SSSR count). The Kier molecular flexibility index (Phi) is 1.83. The number of aromatic nitrogens is 2. The molecule has 0 bridgehead atoms. The Morgan fingerprint density at radius 3 is 3.13 bits per heavy atom. The van der Waals surface area contributed by atoms with Crippen molar-refractivity contribution in [1.29, 1.82) is 0 Å². The molecule has 2 N–H and O–H groups in total. The fourth-order valence-electron chi connectivity index (χ4n) is 2.31. The van der Waals surface area contributed by atoms with Gasteiger partial charge in [-0.2, -0.15) is 0 Å². The maximum atomic E-state index is 5.89. The van der Waals surface area contributed by atoms with Crippen LogP contribution in [-0.4, -0.2) is 9.55 Å². The van der Waals surface area contributed by atoms with E-state index in [-0.39, 0.29) is 6.04 Å². The summed E-state index contributed by atoms with van der Waals surface area (Å²) in [7, 11) is 0. The molecule has 3 heteroatoms. The van der Waals surface area contributed by atoms with Crippen LogP contribution in [0.1, 0.15) is 30.8 Å². The van der Waals surface area contributed by atoms with Crippen molar-refractivity contribution >= 4 is 11.0 Å². The fraction of sp³-hybridized carbons (Fsp3) is 0.417. The Morgan fingerprint density at radius 1 is 1.47 bits per heavy atom.